The number of pyridine rings is 4. The maximum atomic E-state index is 13.5. The molecule has 45 heteroatoms. The molecule has 0 bridgehead atoms. The van der Waals surface area contributed by atoms with E-state index in [0.717, 1.165) is 0 Å². The number of carbonyl (C=O) groups excluding carboxylic acids is 6. The first kappa shape index (κ1) is 94.7. The highest BCUT2D eigenvalue weighted by molar-refractivity contribution is 9.10. The molecule has 0 aromatic carbocycles. The molecule has 8 aliphatic rings. The molecule has 656 valence electrons. The van der Waals surface area contributed by atoms with E-state index < -0.39 is 103 Å². The number of nitrogens with one attached hydrogen (secondary N) is 9. The lowest BCUT2D eigenvalue weighted by Gasteiger charge is -2.37. The van der Waals surface area contributed by atoms with Crippen LogP contribution in [-0.4, -0.2) is 154 Å². The first-order chi connectivity index (χ1) is 55.5. The molecule has 4 spiro atoms. The van der Waals surface area contributed by atoms with E-state index >= 15 is 0 Å². The topological polar surface area (TPSA) is 535 Å². The van der Waals surface area contributed by atoms with E-state index in [0.29, 0.717) is 74.0 Å². The molecule has 4 saturated heterocycles. The molecule has 122 heavy (non-hydrogen) atoms. The van der Waals surface area contributed by atoms with Gasteiger partial charge in [0.25, 0.3) is 45.9 Å². The Morgan fingerprint density at radius 3 is 0.893 bits per heavy atom. The van der Waals surface area contributed by atoms with Crippen LogP contribution in [0.1, 0.15) is 187 Å². The lowest BCUT2D eigenvalue weighted by molar-refractivity contribution is -0.0337. The lowest BCUT2D eigenvalue weighted by atomic mass is 9.91. The van der Waals surface area contributed by atoms with Crippen LogP contribution in [0.15, 0.2) is 97.5 Å². The third-order valence-electron chi connectivity index (χ3n) is 20.7. The number of carbonyl (C=O) groups is 6. The first-order valence-electron chi connectivity index (χ1n) is 36.7. The second-order valence-corrected chi connectivity index (χ2v) is 34.6. The molecule has 0 radical (unpaired) electrons. The van der Waals surface area contributed by atoms with E-state index in [2.05, 4.69) is 104 Å². The fourth-order valence-corrected chi connectivity index (χ4v) is 16.7. The molecule has 40 nitrogen and oxygen atoms in total. The number of ether oxygens (including phenoxy) is 6. The molecule has 15 N–H and O–H groups in total. The van der Waals surface area contributed by atoms with Crippen molar-refractivity contribution in [2.24, 2.45) is 0 Å². The fourth-order valence-electron chi connectivity index (χ4n) is 15.0. The third kappa shape index (κ3) is 17.8. The van der Waals surface area contributed by atoms with Crippen molar-refractivity contribution in [3.63, 3.8) is 0 Å². The molecular formula is C77H97BrCl4N24O16. The van der Waals surface area contributed by atoms with Crippen molar-refractivity contribution < 1.29 is 57.2 Å². The number of rotatable bonds is 8. The average Bonchev–Trinajstić information content (AvgIpc) is 1.56. The fraction of sp³-hybridized carbons (Fsp3) is 0.455. The van der Waals surface area contributed by atoms with E-state index in [1.165, 1.54) is 92.1 Å². The van der Waals surface area contributed by atoms with Gasteiger partial charge >= 0.3 is 12.2 Å². The Morgan fingerprint density at radius 2 is 0.631 bits per heavy atom. The van der Waals surface area contributed by atoms with Crippen molar-refractivity contribution in [3.05, 3.63) is 163 Å². The van der Waals surface area contributed by atoms with Crippen LogP contribution in [0.4, 0.5) is 73.2 Å². The van der Waals surface area contributed by atoms with Gasteiger partial charge in [-0.25, -0.2) is 49.5 Å². The standard InChI is InChI=1S/C21H25ClN6O5.2C16H17ClN6O3.C12H12BrClN2O3.C9H14N4O2.3CH4/c1-19(2,3)33-18(31)26-14-9-13(23-10-24-14)25-12-8-11(22)15-16(29)27-21(28(15)17(12)30)6-7-32-20(21,4)5;2*1-15(2)16(3-4-26-15)22-13(24)12-8(17)5-9(14(25)23(12)16)21-11-6-10(18)19-7-20-11;1-11(2)12(3-4-19-11)15-9(17)8-7(14)5-6(13)10(18)16(8)12;1-9(2,3)15-8(14)13-7-4-6(10)11-5-12-7;;;/h8-10H,6-7H2,1-5H3,(H,27,29)(H2,23,24,25,26,31);2*5-7H,3-4H2,1-2H3,(H,22,24)(H3,18,19,20,21);5H,3-4H2,1-2H3,(H,15,17);4-5H,1-3H3,(H3,10,11,12,13,14);3*1H4. The normalized spacial score (nSPS) is 21.2. The number of amides is 6. The first-order valence-corrected chi connectivity index (χ1v) is 39.0. The van der Waals surface area contributed by atoms with Crippen molar-refractivity contribution >= 4 is 162 Å². The maximum absolute atomic E-state index is 13.5. The SMILES string of the molecule is C.C.C.CC(C)(C)OC(=O)Nc1cc(N)ncn1.CC(C)(C)OC(=O)Nc1cc(Nc2cc(Cl)c3n(c2=O)C2(CCOC2(C)C)NC3=O)ncn1.CC1(C)OCCC12NC(=O)c1c(Cl)cc(Br)c(=O)n12.CC1(C)OCCC12NC(=O)c1c(Cl)cc(Nc3cc(N)ncn3)c(=O)n12.CC1(C)OCCC12NC(=O)c1c(Cl)cc(Nc3cc(N)ncn3)c(=O)n12. The Kier molecular flexibility index (Phi) is 26.9. The molecule has 16 heterocycles. The monoisotopic (exact) mass is 1830 g/mol. The van der Waals surface area contributed by atoms with Gasteiger partial charge in [0.2, 0.25) is 0 Å². The molecule has 8 aromatic heterocycles. The molecule has 6 amide bonds. The van der Waals surface area contributed by atoms with E-state index in [9.17, 15) is 47.9 Å². The summed E-state index contributed by atoms with van der Waals surface area (Å²) in [6.07, 6.45) is 5.67. The summed E-state index contributed by atoms with van der Waals surface area (Å²) in [6, 6.07) is 11.5. The summed E-state index contributed by atoms with van der Waals surface area (Å²) in [4.78, 5) is 157. The van der Waals surface area contributed by atoms with Gasteiger partial charge in [-0.15, -0.1) is 0 Å². The molecule has 8 aromatic rings. The summed E-state index contributed by atoms with van der Waals surface area (Å²) >= 11 is 28.4. The van der Waals surface area contributed by atoms with Gasteiger partial charge in [-0.05, 0) is 137 Å². The second-order valence-electron chi connectivity index (χ2n) is 32.1. The van der Waals surface area contributed by atoms with Gasteiger partial charge in [-0.2, -0.15) is 0 Å². The van der Waals surface area contributed by atoms with Gasteiger partial charge in [-0.1, -0.05) is 68.7 Å². The summed E-state index contributed by atoms with van der Waals surface area (Å²) in [5, 5.41) is 26.0. The van der Waals surface area contributed by atoms with Crippen LogP contribution >= 0.6 is 62.3 Å². The summed E-state index contributed by atoms with van der Waals surface area (Å²) in [5.41, 5.74) is 7.94. The lowest BCUT2D eigenvalue weighted by Crippen LogP contribution is -2.58. The molecule has 0 saturated carbocycles. The zero-order chi connectivity index (χ0) is 87.0. The third-order valence-corrected chi connectivity index (χ3v) is 22.4. The Balaban J connectivity index is 0.000000176. The average molecular weight is 1840 g/mol. The zero-order valence-corrected chi connectivity index (χ0v) is 71.2. The highest BCUT2D eigenvalue weighted by Gasteiger charge is 2.63. The Bertz CT molecular complexity index is 5600. The maximum Gasteiger partial charge on any atom is 0.413 e. The van der Waals surface area contributed by atoms with Gasteiger partial charge < -0.3 is 82.8 Å². The van der Waals surface area contributed by atoms with Crippen LogP contribution < -0.4 is 87.3 Å². The van der Waals surface area contributed by atoms with Crippen LogP contribution in [-0.2, 0) is 51.1 Å². The second kappa shape index (κ2) is 34.6. The van der Waals surface area contributed by atoms with Gasteiger partial charge in [0.15, 0.2) is 22.7 Å². The van der Waals surface area contributed by atoms with E-state index in [1.807, 2.05) is 55.4 Å². The number of hydrogen-bond donors (Lipinski definition) is 12. The van der Waals surface area contributed by atoms with Crippen LogP contribution in [0.2, 0.25) is 20.1 Å². The highest BCUT2D eigenvalue weighted by atomic mass is 79.9. The number of fused-ring (bicyclic) bond motifs is 8. The molecule has 16 rings (SSSR count). The van der Waals surface area contributed by atoms with Gasteiger partial charge in [-0.3, -0.25) is 67.3 Å². The van der Waals surface area contributed by atoms with Crippen LogP contribution in [0.25, 0.3) is 0 Å². The number of nitrogen functional groups attached to an aromatic ring is 3. The molecule has 4 unspecified atom stereocenters. The van der Waals surface area contributed by atoms with Crippen LogP contribution in [0.5, 0.6) is 0 Å². The Hall–Kier alpha value is -11.2. The van der Waals surface area contributed by atoms with Crippen molar-refractivity contribution in [1.82, 2.24) is 79.4 Å². The molecule has 4 fully saturated rings. The van der Waals surface area contributed by atoms with Gasteiger partial charge in [0.05, 0.1) is 51.0 Å². The van der Waals surface area contributed by atoms with Gasteiger partial charge in [0, 0.05) is 49.9 Å². The highest BCUT2D eigenvalue weighted by Crippen LogP contribution is 2.49. The van der Waals surface area contributed by atoms with Crippen molar-refractivity contribution in [3.8, 4) is 0 Å². The quantitative estimate of drug-likeness (QED) is 0.0672. The van der Waals surface area contributed by atoms with Gasteiger partial charge in [0.1, 0.15) is 145 Å². The number of nitrogens with two attached hydrogens (primary N) is 3. The molecule has 8 aliphatic heterocycles. The molecule has 4 atom stereocenters. The van der Waals surface area contributed by atoms with E-state index in [4.69, 9.17) is 92.0 Å². The van der Waals surface area contributed by atoms with E-state index in [-0.39, 0.29) is 123 Å². The smallest absolute Gasteiger partial charge is 0.413 e. The zero-order valence-electron chi connectivity index (χ0n) is 66.6. The Morgan fingerprint density at radius 1 is 0.393 bits per heavy atom. The van der Waals surface area contributed by atoms with Crippen LogP contribution in [0, 0.1) is 0 Å². The Labute approximate surface area is 728 Å². The van der Waals surface area contributed by atoms with Crippen LogP contribution in [0.3, 0.4) is 0 Å². The summed E-state index contributed by atoms with van der Waals surface area (Å²) < 4.78 is 39.2. The van der Waals surface area contributed by atoms with Crippen molar-refractivity contribution in [1.29, 1.82) is 0 Å². The number of nitrogens with zero attached hydrogens (tertiary/aromatic N) is 12. The minimum atomic E-state index is -1.06. The predicted molar refractivity (Wildman–Crippen MR) is 462 cm³/mol. The number of aromatic nitrogens is 12. The minimum absolute atomic E-state index is 0. The summed E-state index contributed by atoms with van der Waals surface area (Å²) in [6.45, 7) is 26.9. The largest absolute Gasteiger partial charge is 0.444 e. The molecule has 0 aliphatic carbocycles. The number of halogens is 5. The molecular weight excluding hydrogens is 1740 g/mol. The van der Waals surface area contributed by atoms with Crippen molar-refractivity contribution in [2.75, 3.05) is 70.2 Å². The summed E-state index contributed by atoms with van der Waals surface area (Å²) in [7, 11) is 0. The van der Waals surface area contributed by atoms with E-state index in [1.54, 1.807) is 41.5 Å². The minimum Gasteiger partial charge on any atom is -0.444 e. The predicted octanol–water partition coefficient (Wildman–Crippen LogP) is 10.6. The number of hydrogen-bond acceptors (Lipinski definition) is 30. The number of anilines is 11. The summed E-state index contributed by atoms with van der Waals surface area (Å²) in [5.74, 6) is 0.646. The van der Waals surface area contributed by atoms with Crippen molar-refractivity contribution in [2.45, 2.75) is 201 Å².